The quantitative estimate of drug-likeness (QED) is 0.606. The second kappa shape index (κ2) is 6.93. The van der Waals surface area contributed by atoms with Crippen LogP contribution in [0.25, 0.3) is 0 Å². The maximum absolute atomic E-state index is 11.9. The molecule has 1 aromatic rings. The summed E-state index contributed by atoms with van der Waals surface area (Å²) in [4.78, 5) is 11.9. The van der Waals surface area contributed by atoms with Gasteiger partial charge in [-0.15, -0.1) is 0 Å². The average molecular weight is 310 g/mol. The number of unbranched alkanes of at least 4 members (excludes halogenated alkanes) is 2. The minimum atomic E-state index is 0.212. The van der Waals surface area contributed by atoms with Gasteiger partial charge < -0.3 is 5.32 Å². The molecule has 1 aromatic carbocycles. The monoisotopic (exact) mass is 309 g/mol. The number of carbonyl (C=O) groups is 1. The largest absolute Gasteiger partial charge is 0.356 e. The summed E-state index contributed by atoms with van der Waals surface area (Å²) in [5, 5.41) is 4.10. The summed E-state index contributed by atoms with van der Waals surface area (Å²) in [6.45, 7) is 0.823. The molecule has 2 rings (SSSR count). The molecule has 0 bridgehead atoms. The lowest BCUT2D eigenvalue weighted by Gasteiger charge is -2.04. The molecule has 0 spiro atoms. The standard InChI is InChI=1S/C15H20BrNO/c16-9-5-2-6-10-17-15(18)14-11-13(14)12-7-3-1-4-8-12/h1,3-4,7-8,13-14H,2,5-6,9-11H2,(H,17,18). The predicted molar refractivity (Wildman–Crippen MR) is 77.9 cm³/mol. The van der Waals surface area contributed by atoms with Gasteiger partial charge in [0.2, 0.25) is 5.91 Å². The second-order valence-electron chi connectivity index (χ2n) is 4.90. The van der Waals surface area contributed by atoms with Crippen molar-refractivity contribution in [1.29, 1.82) is 0 Å². The van der Waals surface area contributed by atoms with E-state index in [2.05, 4.69) is 33.4 Å². The van der Waals surface area contributed by atoms with Crippen molar-refractivity contribution in [2.45, 2.75) is 31.6 Å². The number of rotatable bonds is 7. The van der Waals surface area contributed by atoms with Crippen LogP contribution in [0.5, 0.6) is 0 Å². The third-order valence-electron chi connectivity index (χ3n) is 3.46. The van der Waals surface area contributed by atoms with Gasteiger partial charge in [0, 0.05) is 17.8 Å². The van der Waals surface area contributed by atoms with Crippen molar-refractivity contribution >= 4 is 21.8 Å². The fourth-order valence-corrected chi connectivity index (χ4v) is 2.69. The van der Waals surface area contributed by atoms with Crippen molar-refractivity contribution in [3.63, 3.8) is 0 Å². The highest BCUT2D eigenvalue weighted by molar-refractivity contribution is 9.09. The molecule has 18 heavy (non-hydrogen) atoms. The highest BCUT2D eigenvalue weighted by atomic mass is 79.9. The SMILES string of the molecule is O=C(NCCCCCBr)C1CC1c1ccccc1. The Morgan fingerprint density at radius 3 is 2.72 bits per heavy atom. The Morgan fingerprint density at radius 1 is 1.22 bits per heavy atom. The van der Waals surface area contributed by atoms with Crippen LogP contribution in [-0.2, 0) is 4.79 Å². The zero-order chi connectivity index (χ0) is 12.8. The second-order valence-corrected chi connectivity index (χ2v) is 5.69. The van der Waals surface area contributed by atoms with Crippen LogP contribution < -0.4 is 5.32 Å². The molecule has 0 heterocycles. The average Bonchev–Trinajstić information content (AvgIpc) is 3.20. The van der Waals surface area contributed by atoms with Gasteiger partial charge in [-0.2, -0.15) is 0 Å². The summed E-state index contributed by atoms with van der Waals surface area (Å²) in [7, 11) is 0. The number of nitrogens with one attached hydrogen (secondary N) is 1. The van der Waals surface area contributed by atoms with Gasteiger partial charge in [-0.25, -0.2) is 0 Å². The zero-order valence-corrected chi connectivity index (χ0v) is 12.2. The third-order valence-corrected chi connectivity index (χ3v) is 4.03. The van der Waals surface area contributed by atoms with Gasteiger partial charge in [0.1, 0.15) is 0 Å². The first-order chi connectivity index (χ1) is 8.83. The van der Waals surface area contributed by atoms with Crippen molar-refractivity contribution in [2.75, 3.05) is 11.9 Å². The van der Waals surface area contributed by atoms with E-state index in [-0.39, 0.29) is 11.8 Å². The smallest absolute Gasteiger partial charge is 0.223 e. The Bertz CT molecular complexity index is 379. The van der Waals surface area contributed by atoms with Crippen molar-refractivity contribution in [2.24, 2.45) is 5.92 Å². The Labute approximate surface area is 117 Å². The van der Waals surface area contributed by atoms with E-state index in [1.807, 2.05) is 18.2 Å². The van der Waals surface area contributed by atoms with Crippen LogP contribution in [0, 0.1) is 5.92 Å². The topological polar surface area (TPSA) is 29.1 Å². The molecule has 98 valence electrons. The summed E-state index contributed by atoms with van der Waals surface area (Å²) in [5.74, 6) is 0.903. The number of alkyl halides is 1. The molecule has 1 aliphatic carbocycles. The lowest BCUT2D eigenvalue weighted by molar-refractivity contribution is -0.122. The molecule has 0 saturated heterocycles. The molecule has 2 atom stereocenters. The van der Waals surface area contributed by atoms with Gasteiger partial charge in [-0.3, -0.25) is 4.79 Å². The Balaban J connectivity index is 1.67. The lowest BCUT2D eigenvalue weighted by Crippen LogP contribution is -2.26. The molecule has 2 nitrogen and oxygen atoms in total. The van der Waals surface area contributed by atoms with Gasteiger partial charge in [0.25, 0.3) is 0 Å². The summed E-state index contributed by atoms with van der Waals surface area (Å²) in [6, 6.07) is 10.3. The van der Waals surface area contributed by atoms with Crippen LogP contribution in [-0.4, -0.2) is 17.8 Å². The molecule has 1 amide bonds. The maximum atomic E-state index is 11.9. The minimum Gasteiger partial charge on any atom is -0.356 e. The van der Waals surface area contributed by atoms with Crippen molar-refractivity contribution in [3.05, 3.63) is 35.9 Å². The van der Waals surface area contributed by atoms with Crippen molar-refractivity contribution in [1.82, 2.24) is 5.32 Å². The first kappa shape index (κ1) is 13.6. The predicted octanol–water partition coefficient (Wildman–Crippen LogP) is 3.47. The van der Waals surface area contributed by atoms with Crippen LogP contribution in [0.1, 0.15) is 37.2 Å². The van der Waals surface area contributed by atoms with Crippen molar-refractivity contribution in [3.8, 4) is 0 Å². The first-order valence-electron chi connectivity index (χ1n) is 6.71. The summed E-state index contributed by atoms with van der Waals surface area (Å²) in [5.41, 5.74) is 1.30. The molecule has 3 heteroatoms. The van der Waals surface area contributed by atoms with E-state index in [0.29, 0.717) is 5.92 Å². The molecule has 0 radical (unpaired) electrons. The number of halogens is 1. The highest BCUT2D eigenvalue weighted by Crippen LogP contribution is 2.47. The number of hydrogen-bond acceptors (Lipinski definition) is 1. The van der Waals surface area contributed by atoms with Crippen LogP contribution >= 0.6 is 15.9 Å². The molecule has 0 aliphatic heterocycles. The van der Waals surface area contributed by atoms with Gasteiger partial charge in [-0.1, -0.05) is 52.7 Å². The number of benzene rings is 1. The first-order valence-corrected chi connectivity index (χ1v) is 7.83. The van der Waals surface area contributed by atoms with Crippen LogP contribution in [0.3, 0.4) is 0 Å². The number of amides is 1. The van der Waals surface area contributed by atoms with E-state index in [9.17, 15) is 4.79 Å². The minimum absolute atomic E-state index is 0.212. The fraction of sp³-hybridized carbons (Fsp3) is 0.533. The van der Waals surface area contributed by atoms with Gasteiger partial charge in [0.15, 0.2) is 0 Å². The van der Waals surface area contributed by atoms with Gasteiger partial charge >= 0.3 is 0 Å². The Hall–Kier alpha value is -0.830. The molecule has 1 aliphatic rings. The molecule has 1 fully saturated rings. The molecular formula is C15H20BrNO. The lowest BCUT2D eigenvalue weighted by atomic mass is 10.1. The fourth-order valence-electron chi connectivity index (χ4n) is 2.29. The number of hydrogen-bond donors (Lipinski definition) is 1. The van der Waals surface area contributed by atoms with Crippen LogP contribution in [0.4, 0.5) is 0 Å². The summed E-state index contributed by atoms with van der Waals surface area (Å²) >= 11 is 3.41. The highest BCUT2D eigenvalue weighted by Gasteiger charge is 2.43. The summed E-state index contributed by atoms with van der Waals surface area (Å²) in [6.07, 6.45) is 4.46. The zero-order valence-electron chi connectivity index (χ0n) is 10.6. The van der Waals surface area contributed by atoms with Gasteiger partial charge in [-0.05, 0) is 30.7 Å². The Morgan fingerprint density at radius 2 is 2.00 bits per heavy atom. The van der Waals surface area contributed by atoms with Gasteiger partial charge in [0.05, 0.1) is 0 Å². The van der Waals surface area contributed by atoms with Crippen LogP contribution in [0.15, 0.2) is 30.3 Å². The number of carbonyl (C=O) groups excluding carboxylic acids is 1. The van der Waals surface area contributed by atoms with E-state index in [0.717, 1.165) is 24.7 Å². The van der Waals surface area contributed by atoms with Crippen molar-refractivity contribution < 1.29 is 4.79 Å². The molecule has 1 saturated carbocycles. The third kappa shape index (κ3) is 3.84. The molecule has 2 unspecified atom stereocenters. The van der Waals surface area contributed by atoms with E-state index >= 15 is 0 Å². The Kier molecular flexibility index (Phi) is 5.24. The maximum Gasteiger partial charge on any atom is 0.223 e. The normalized spacial score (nSPS) is 21.6. The van der Waals surface area contributed by atoms with E-state index in [4.69, 9.17) is 0 Å². The summed E-state index contributed by atoms with van der Waals surface area (Å²) < 4.78 is 0. The molecule has 0 aromatic heterocycles. The van der Waals surface area contributed by atoms with Crippen LogP contribution in [0.2, 0.25) is 0 Å². The van der Waals surface area contributed by atoms with E-state index < -0.39 is 0 Å². The molecule has 1 N–H and O–H groups in total. The van der Waals surface area contributed by atoms with E-state index in [1.54, 1.807) is 0 Å². The molecular weight excluding hydrogens is 290 g/mol. The van der Waals surface area contributed by atoms with E-state index in [1.165, 1.54) is 18.4 Å².